The Balaban J connectivity index is 1.96. The van der Waals surface area contributed by atoms with Crippen molar-refractivity contribution in [2.75, 3.05) is 19.0 Å². The number of aryl methyl sites for hydroxylation is 1. The van der Waals surface area contributed by atoms with Crippen LogP contribution in [-0.2, 0) is 27.5 Å². The molecule has 0 spiro atoms. The third kappa shape index (κ3) is 6.53. The average Bonchev–Trinajstić information content (AvgIpc) is 2.80. The van der Waals surface area contributed by atoms with Crippen LogP contribution in [0.5, 0.6) is 5.75 Å². The maximum absolute atomic E-state index is 13.6. The number of amides is 1. The van der Waals surface area contributed by atoms with Crippen LogP contribution in [0, 0.1) is 6.92 Å². The summed E-state index contributed by atoms with van der Waals surface area (Å²) in [7, 11) is -2.93. The highest BCUT2D eigenvalue weighted by Crippen LogP contribution is 2.34. The first kappa shape index (κ1) is 26.5. The monoisotopic (exact) mass is 526 g/mol. The van der Waals surface area contributed by atoms with E-state index in [1.54, 1.807) is 43.3 Å². The van der Waals surface area contributed by atoms with E-state index in [2.05, 4.69) is 5.32 Å². The molecule has 11 heteroatoms. The Morgan fingerprint density at radius 1 is 1.06 bits per heavy atom. The summed E-state index contributed by atoms with van der Waals surface area (Å²) in [6.07, 6.45) is -4.64. The number of halogens is 4. The number of anilines is 1. The molecule has 186 valence electrons. The fraction of sp³-hybridized carbons (Fsp3) is 0.208. The first-order valence-electron chi connectivity index (χ1n) is 10.3. The molecule has 3 aromatic rings. The number of carbonyl (C=O) groups is 1. The van der Waals surface area contributed by atoms with Crippen LogP contribution >= 0.6 is 11.6 Å². The Hall–Kier alpha value is -3.08. The molecule has 1 N–H and O–H groups in total. The molecule has 0 saturated heterocycles. The number of ether oxygens (including phenoxy) is 1. The maximum atomic E-state index is 13.6. The van der Waals surface area contributed by atoms with E-state index < -0.39 is 34.2 Å². The maximum Gasteiger partial charge on any atom is 0.416 e. The van der Waals surface area contributed by atoms with Gasteiger partial charge in [0, 0.05) is 6.54 Å². The van der Waals surface area contributed by atoms with Gasteiger partial charge in [0.05, 0.1) is 29.9 Å². The number of nitrogens with one attached hydrogen (secondary N) is 1. The van der Waals surface area contributed by atoms with Crippen molar-refractivity contribution in [3.63, 3.8) is 0 Å². The summed E-state index contributed by atoms with van der Waals surface area (Å²) >= 11 is 5.97. The number of carbonyl (C=O) groups excluding carboxylic acids is 1. The molecule has 6 nitrogen and oxygen atoms in total. The topological polar surface area (TPSA) is 75.7 Å². The van der Waals surface area contributed by atoms with E-state index in [-0.39, 0.29) is 27.9 Å². The van der Waals surface area contributed by atoms with Crippen molar-refractivity contribution in [1.29, 1.82) is 0 Å². The summed E-state index contributed by atoms with van der Waals surface area (Å²) in [4.78, 5) is 12.7. The van der Waals surface area contributed by atoms with Crippen molar-refractivity contribution in [2.45, 2.75) is 24.5 Å². The van der Waals surface area contributed by atoms with Crippen LogP contribution in [0.1, 0.15) is 16.7 Å². The van der Waals surface area contributed by atoms with Gasteiger partial charge in [0.2, 0.25) is 15.9 Å². The van der Waals surface area contributed by atoms with Gasteiger partial charge in [-0.3, -0.25) is 4.79 Å². The molecule has 0 atom stereocenters. The number of sulfonamides is 1. The Bertz CT molecular complexity index is 1320. The predicted molar refractivity (Wildman–Crippen MR) is 127 cm³/mol. The van der Waals surface area contributed by atoms with E-state index in [4.69, 9.17) is 16.3 Å². The second-order valence-corrected chi connectivity index (χ2v) is 9.97. The van der Waals surface area contributed by atoms with E-state index in [9.17, 15) is 26.4 Å². The molecule has 0 aromatic heterocycles. The van der Waals surface area contributed by atoms with E-state index in [0.29, 0.717) is 17.2 Å². The van der Waals surface area contributed by atoms with Gasteiger partial charge in [0.15, 0.2) is 0 Å². The van der Waals surface area contributed by atoms with Gasteiger partial charge in [-0.15, -0.1) is 0 Å². The minimum absolute atomic E-state index is 0.0926. The van der Waals surface area contributed by atoms with Crippen LogP contribution in [0.25, 0.3) is 0 Å². The van der Waals surface area contributed by atoms with Gasteiger partial charge < -0.3 is 10.1 Å². The molecular weight excluding hydrogens is 505 g/mol. The summed E-state index contributed by atoms with van der Waals surface area (Å²) in [6, 6.07) is 15.7. The molecule has 0 radical (unpaired) electrons. The van der Waals surface area contributed by atoms with Crippen LogP contribution in [0.2, 0.25) is 5.02 Å². The SMILES string of the molecule is COc1ccc(C)cc1S(=O)(=O)N(CC(=O)Nc1cc(C(F)(F)F)ccc1Cl)Cc1ccccc1. The van der Waals surface area contributed by atoms with Crippen molar-refractivity contribution in [2.24, 2.45) is 0 Å². The van der Waals surface area contributed by atoms with Gasteiger partial charge in [-0.2, -0.15) is 17.5 Å². The third-order valence-electron chi connectivity index (χ3n) is 5.03. The normalized spacial score (nSPS) is 12.0. The zero-order chi connectivity index (χ0) is 25.8. The highest BCUT2D eigenvalue weighted by molar-refractivity contribution is 7.89. The Morgan fingerprint density at radius 2 is 1.74 bits per heavy atom. The van der Waals surface area contributed by atoms with E-state index in [0.717, 1.165) is 16.4 Å². The fourth-order valence-corrected chi connectivity index (χ4v) is 5.07. The highest BCUT2D eigenvalue weighted by atomic mass is 35.5. The third-order valence-corrected chi connectivity index (χ3v) is 7.17. The lowest BCUT2D eigenvalue weighted by Gasteiger charge is -2.23. The molecule has 35 heavy (non-hydrogen) atoms. The summed E-state index contributed by atoms with van der Waals surface area (Å²) in [5, 5.41) is 2.17. The molecule has 0 aliphatic carbocycles. The molecule has 0 bridgehead atoms. The Morgan fingerprint density at radius 3 is 2.37 bits per heavy atom. The van der Waals surface area contributed by atoms with Gasteiger partial charge in [0.1, 0.15) is 10.6 Å². The zero-order valence-corrected chi connectivity index (χ0v) is 20.3. The molecule has 0 aliphatic heterocycles. The summed E-state index contributed by atoms with van der Waals surface area (Å²) in [5.74, 6) is -0.771. The quantitative estimate of drug-likeness (QED) is 0.420. The van der Waals surface area contributed by atoms with Crippen LogP contribution in [-0.4, -0.2) is 32.3 Å². The number of nitrogens with zero attached hydrogens (tertiary/aromatic N) is 1. The summed E-state index contributed by atoms with van der Waals surface area (Å²) < 4.78 is 72.6. The van der Waals surface area contributed by atoms with Crippen molar-refractivity contribution < 1.29 is 31.1 Å². The van der Waals surface area contributed by atoms with E-state index in [1.807, 2.05) is 0 Å². The Kier molecular flexibility index (Phi) is 8.09. The first-order valence-corrected chi connectivity index (χ1v) is 12.1. The minimum Gasteiger partial charge on any atom is -0.495 e. The van der Waals surface area contributed by atoms with E-state index in [1.165, 1.54) is 19.2 Å². The molecule has 3 aromatic carbocycles. The smallest absolute Gasteiger partial charge is 0.416 e. The molecule has 0 saturated carbocycles. The standard InChI is InChI=1S/C24H22ClF3N2O4S/c1-16-8-11-21(34-2)22(12-16)35(32,33)30(14-17-6-4-3-5-7-17)15-23(31)29-20-13-18(24(26,27)28)9-10-19(20)25/h3-13H,14-15H2,1-2H3,(H,29,31). The molecule has 0 unspecified atom stereocenters. The highest BCUT2D eigenvalue weighted by Gasteiger charge is 2.32. The van der Waals surface area contributed by atoms with Crippen molar-refractivity contribution in [1.82, 2.24) is 4.31 Å². The molecule has 0 heterocycles. The minimum atomic E-state index is -4.64. The lowest BCUT2D eigenvalue weighted by Crippen LogP contribution is -2.37. The van der Waals surface area contributed by atoms with Gasteiger partial charge in [-0.05, 0) is 48.4 Å². The predicted octanol–water partition coefficient (Wildman–Crippen LogP) is 5.51. The molecule has 0 fully saturated rings. The number of rotatable bonds is 8. The number of hydrogen-bond donors (Lipinski definition) is 1. The number of methoxy groups -OCH3 is 1. The number of benzene rings is 3. The second kappa shape index (κ2) is 10.7. The van der Waals surface area contributed by atoms with Crippen LogP contribution in [0.3, 0.4) is 0 Å². The molecule has 3 rings (SSSR count). The van der Waals surface area contributed by atoms with Crippen molar-refractivity contribution >= 4 is 33.2 Å². The summed E-state index contributed by atoms with van der Waals surface area (Å²) in [5.41, 5.74) is -0.0241. The number of hydrogen-bond acceptors (Lipinski definition) is 4. The zero-order valence-electron chi connectivity index (χ0n) is 18.8. The van der Waals surface area contributed by atoms with Crippen LogP contribution in [0.4, 0.5) is 18.9 Å². The van der Waals surface area contributed by atoms with Gasteiger partial charge in [-0.25, -0.2) is 8.42 Å². The molecule has 1 amide bonds. The average molecular weight is 527 g/mol. The molecule has 0 aliphatic rings. The number of alkyl halides is 3. The van der Waals surface area contributed by atoms with Gasteiger partial charge in [0.25, 0.3) is 0 Å². The van der Waals surface area contributed by atoms with Gasteiger partial charge >= 0.3 is 6.18 Å². The fourth-order valence-electron chi connectivity index (χ4n) is 3.28. The molecular formula is C24H22ClF3N2O4S. The van der Waals surface area contributed by atoms with Crippen molar-refractivity contribution in [3.8, 4) is 5.75 Å². The Labute approximate surface area is 206 Å². The lowest BCUT2D eigenvalue weighted by molar-refractivity contribution is -0.137. The lowest BCUT2D eigenvalue weighted by atomic mass is 10.2. The van der Waals surface area contributed by atoms with Crippen LogP contribution < -0.4 is 10.1 Å². The summed E-state index contributed by atoms with van der Waals surface area (Å²) in [6.45, 7) is 0.868. The second-order valence-electron chi connectivity index (χ2n) is 7.65. The largest absolute Gasteiger partial charge is 0.495 e. The van der Waals surface area contributed by atoms with Crippen molar-refractivity contribution in [3.05, 3.63) is 88.4 Å². The van der Waals surface area contributed by atoms with Gasteiger partial charge in [-0.1, -0.05) is 48.0 Å². The first-order chi connectivity index (χ1) is 16.4. The van der Waals surface area contributed by atoms with Crippen LogP contribution in [0.15, 0.2) is 71.6 Å². The van der Waals surface area contributed by atoms with E-state index >= 15 is 0 Å².